The normalized spacial score (nSPS) is 21.3. The van der Waals surface area contributed by atoms with Crippen molar-refractivity contribution in [2.45, 2.75) is 38.1 Å². The highest BCUT2D eigenvalue weighted by atomic mass is 32.1. The average molecular weight is 242 g/mol. The Hall–Kier alpha value is -0.710. The fourth-order valence-corrected chi connectivity index (χ4v) is 2.08. The zero-order chi connectivity index (χ0) is 11.6. The number of hydrogen-bond donors (Lipinski definition) is 3. The number of hydrogen-bond acceptors (Lipinski definition) is 3. The molecule has 2 aliphatic rings. The first-order chi connectivity index (χ1) is 7.63. The van der Waals surface area contributed by atoms with Gasteiger partial charge in [0.25, 0.3) is 0 Å². The van der Waals surface area contributed by atoms with Crippen molar-refractivity contribution in [3.8, 4) is 0 Å². The summed E-state index contributed by atoms with van der Waals surface area (Å²) in [4.78, 5) is 22.8. The first-order valence-corrected chi connectivity index (χ1v) is 6.44. The second kappa shape index (κ2) is 4.65. The summed E-state index contributed by atoms with van der Waals surface area (Å²) in [6.07, 6.45) is 4.81. The molecule has 16 heavy (non-hydrogen) atoms. The number of rotatable bonds is 6. The van der Waals surface area contributed by atoms with Crippen LogP contribution < -0.4 is 10.6 Å². The minimum Gasteiger partial charge on any atom is -0.352 e. The molecular weight excluding hydrogens is 224 g/mol. The number of amides is 2. The van der Waals surface area contributed by atoms with Gasteiger partial charge in [-0.2, -0.15) is 12.6 Å². The van der Waals surface area contributed by atoms with Crippen LogP contribution in [0.1, 0.15) is 32.1 Å². The van der Waals surface area contributed by atoms with Gasteiger partial charge in [-0.25, -0.2) is 0 Å². The third-order valence-electron chi connectivity index (χ3n) is 3.22. The number of carbonyl (C=O) groups excluding carboxylic acids is 2. The van der Waals surface area contributed by atoms with E-state index in [0.717, 1.165) is 31.4 Å². The minimum absolute atomic E-state index is 0.0301. The van der Waals surface area contributed by atoms with Gasteiger partial charge >= 0.3 is 0 Å². The second-order valence-corrected chi connectivity index (χ2v) is 5.27. The van der Waals surface area contributed by atoms with Crippen LogP contribution >= 0.6 is 12.6 Å². The van der Waals surface area contributed by atoms with Crippen molar-refractivity contribution >= 4 is 24.4 Å². The van der Waals surface area contributed by atoms with Crippen molar-refractivity contribution in [2.24, 2.45) is 5.41 Å². The van der Waals surface area contributed by atoms with E-state index in [1.807, 2.05) is 0 Å². The zero-order valence-corrected chi connectivity index (χ0v) is 10.2. The van der Waals surface area contributed by atoms with Gasteiger partial charge in [0.05, 0.1) is 6.54 Å². The highest BCUT2D eigenvalue weighted by Gasteiger charge is 2.42. The molecule has 0 aromatic carbocycles. The third-order valence-corrected chi connectivity index (χ3v) is 3.89. The van der Waals surface area contributed by atoms with E-state index in [2.05, 4.69) is 23.3 Å². The van der Waals surface area contributed by atoms with E-state index in [0.29, 0.717) is 12.5 Å². The molecule has 0 spiro atoms. The van der Waals surface area contributed by atoms with Crippen molar-refractivity contribution in [2.75, 3.05) is 12.3 Å². The molecule has 2 rings (SSSR count). The molecule has 4 nitrogen and oxygen atoms in total. The van der Waals surface area contributed by atoms with E-state index in [4.69, 9.17) is 0 Å². The quantitative estimate of drug-likeness (QED) is 0.593. The fraction of sp³-hybridized carbons (Fsp3) is 0.818. The fourth-order valence-electron chi connectivity index (χ4n) is 1.66. The van der Waals surface area contributed by atoms with Crippen LogP contribution in [0.5, 0.6) is 0 Å². The molecule has 0 bridgehead atoms. The molecule has 0 saturated heterocycles. The Morgan fingerprint density at radius 3 is 2.44 bits per heavy atom. The Balaban J connectivity index is 1.61. The van der Waals surface area contributed by atoms with Crippen molar-refractivity contribution in [1.82, 2.24) is 10.6 Å². The molecule has 0 aliphatic heterocycles. The summed E-state index contributed by atoms with van der Waals surface area (Å²) in [6.45, 7) is 0.109. The predicted molar refractivity (Wildman–Crippen MR) is 64.3 cm³/mol. The van der Waals surface area contributed by atoms with Gasteiger partial charge in [-0.3, -0.25) is 9.59 Å². The van der Waals surface area contributed by atoms with Crippen LogP contribution in [0.15, 0.2) is 0 Å². The summed E-state index contributed by atoms with van der Waals surface area (Å²) in [6, 6.07) is 0.358. The molecule has 2 amide bonds. The summed E-state index contributed by atoms with van der Waals surface area (Å²) < 4.78 is 0. The summed E-state index contributed by atoms with van der Waals surface area (Å²) >= 11 is 4.24. The Morgan fingerprint density at radius 1 is 1.25 bits per heavy atom. The Labute approximate surface area is 101 Å². The molecule has 2 N–H and O–H groups in total. The second-order valence-electron chi connectivity index (χ2n) is 4.95. The lowest BCUT2D eigenvalue weighted by atomic mass is 10.1. The largest absolute Gasteiger partial charge is 0.352 e. The standard InChI is InChI=1S/C11H18N2O2S/c14-9(5-11(7-16)3-4-11)12-6-10(15)13-8-1-2-8/h8,16H,1-7H2,(H,12,14)(H,13,15). The van der Waals surface area contributed by atoms with Crippen LogP contribution in [0.4, 0.5) is 0 Å². The van der Waals surface area contributed by atoms with E-state index >= 15 is 0 Å². The molecule has 0 aromatic rings. The van der Waals surface area contributed by atoms with Gasteiger partial charge in [-0.1, -0.05) is 0 Å². The van der Waals surface area contributed by atoms with Crippen LogP contribution in [-0.2, 0) is 9.59 Å². The van der Waals surface area contributed by atoms with Gasteiger partial charge in [0, 0.05) is 12.5 Å². The van der Waals surface area contributed by atoms with Gasteiger partial charge in [0.15, 0.2) is 0 Å². The molecule has 0 radical (unpaired) electrons. The molecule has 0 aromatic heterocycles. The van der Waals surface area contributed by atoms with E-state index in [-0.39, 0.29) is 23.8 Å². The predicted octanol–water partition coefficient (Wildman–Crippen LogP) is 0.481. The maximum Gasteiger partial charge on any atom is 0.239 e. The highest BCUT2D eigenvalue weighted by molar-refractivity contribution is 7.80. The first-order valence-electron chi connectivity index (χ1n) is 5.80. The smallest absolute Gasteiger partial charge is 0.239 e. The van der Waals surface area contributed by atoms with Crippen molar-refractivity contribution in [3.05, 3.63) is 0 Å². The summed E-state index contributed by atoms with van der Waals surface area (Å²) in [5.74, 6) is 0.651. The topological polar surface area (TPSA) is 58.2 Å². The maximum atomic E-state index is 11.5. The van der Waals surface area contributed by atoms with Crippen LogP contribution in [0.3, 0.4) is 0 Å². The van der Waals surface area contributed by atoms with E-state index < -0.39 is 0 Å². The minimum atomic E-state index is -0.0772. The van der Waals surface area contributed by atoms with E-state index in [1.165, 1.54) is 0 Å². The number of nitrogens with one attached hydrogen (secondary N) is 2. The third kappa shape index (κ3) is 3.40. The molecule has 0 atom stereocenters. The summed E-state index contributed by atoms with van der Waals surface area (Å²) in [5.41, 5.74) is 0.125. The summed E-state index contributed by atoms with van der Waals surface area (Å²) in [5, 5.41) is 5.49. The van der Waals surface area contributed by atoms with Crippen LogP contribution in [0, 0.1) is 5.41 Å². The van der Waals surface area contributed by atoms with Crippen LogP contribution in [0.2, 0.25) is 0 Å². The maximum absolute atomic E-state index is 11.5. The van der Waals surface area contributed by atoms with Gasteiger partial charge in [0.1, 0.15) is 0 Å². The van der Waals surface area contributed by atoms with E-state index in [1.54, 1.807) is 0 Å². The van der Waals surface area contributed by atoms with Gasteiger partial charge in [-0.05, 0) is 36.9 Å². The zero-order valence-electron chi connectivity index (χ0n) is 9.29. The molecule has 2 aliphatic carbocycles. The lowest BCUT2D eigenvalue weighted by Gasteiger charge is -2.11. The van der Waals surface area contributed by atoms with Crippen LogP contribution in [-0.4, -0.2) is 30.2 Å². The monoisotopic (exact) mass is 242 g/mol. The first kappa shape index (κ1) is 11.8. The summed E-state index contributed by atoms with van der Waals surface area (Å²) in [7, 11) is 0. The Kier molecular flexibility index (Phi) is 3.42. The SMILES string of the molecule is O=C(CC1(CS)CC1)NCC(=O)NC1CC1. The van der Waals surface area contributed by atoms with Crippen molar-refractivity contribution in [3.63, 3.8) is 0 Å². The van der Waals surface area contributed by atoms with Crippen LogP contribution in [0.25, 0.3) is 0 Å². The number of thiol groups is 1. The molecule has 2 saturated carbocycles. The van der Waals surface area contributed by atoms with Gasteiger partial charge < -0.3 is 10.6 Å². The number of carbonyl (C=O) groups is 2. The lowest BCUT2D eigenvalue weighted by molar-refractivity contribution is -0.126. The van der Waals surface area contributed by atoms with Gasteiger partial charge in [0.2, 0.25) is 11.8 Å². The van der Waals surface area contributed by atoms with E-state index in [9.17, 15) is 9.59 Å². The Morgan fingerprint density at radius 2 is 1.94 bits per heavy atom. The molecule has 5 heteroatoms. The molecule has 90 valence electrons. The van der Waals surface area contributed by atoms with Crippen molar-refractivity contribution in [1.29, 1.82) is 0 Å². The molecule has 0 heterocycles. The Bertz CT molecular complexity index is 298. The molecular formula is C11H18N2O2S. The highest BCUT2D eigenvalue weighted by Crippen LogP contribution is 2.49. The molecule has 0 unspecified atom stereocenters. The van der Waals surface area contributed by atoms with Crippen molar-refractivity contribution < 1.29 is 9.59 Å². The average Bonchev–Trinajstić information content (AvgIpc) is 3.12. The molecule has 2 fully saturated rings. The lowest BCUT2D eigenvalue weighted by Crippen LogP contribution is -2.38. The van der Waals surface area contributed by atoms with Gasteiger partial charge in [-0.15, -0.1) is 0 Å².